The van der Waals surface area contributed by atoms with Crippen LogP contribution in [0.3, 0.4) is 0 Å². The van der Waals surface area contributed by atoms with Gasteiger partial charge in [-0.2, -0.15) is 0 Å². The van der Waals surface area contributed by atoms with Gasteiger partial charge in [-0.1, -0.05) is 41.0 Å². The highest BCUT2D eigenvalue weighted by atomic mass is 32.2. The molecule has 2 nitrogen and oxygen atoms in total. The Balaban J connectivity index is 4.13. The topological polar surface area (TPSA) is 26.3 Å². The van der Waals surface area contributed by atoms with Gasteiger partial charge in [0, 0.05) is 12.8 Å². The highest BCUT2D eigenvalue weighted by Gasteiger charge is 2.28. The molecule has 0 aliphatic heterocycles. The van der Waals surface area contributed by atoms with E-state index in [-0.39, 0.29) is 30.0 Å². The van der Waals surface area contributed by atoms with Gasteiger partial charge in [-0.25, -0.2) is 8.78 Å². The number of hydrogen-bond acceptors (Lipinski definition) is 3. The van der Waals surface area contributed by atoms with Crippen LogP contribution in [0.1, 0.15) is 60.3 Å². The fourth-order valence-electron chi connectivity index (χ4n) is 1.90. The molecule has 0 N–H and O–H groups in total. The van der Waals surface area contributed by atoms with Crippen LogP contribution in [-0.4, -0.2) is 29.5 Å². The second-order valence-corrected chi connectivity index (χ2v) is 7.52. The molecule has 0 spiro atoms. The van der Waals surface area contributed by atoms with E-state index < -0.39 is 5.92 Å². The Bertz CT molecular complexity index is 294. The van der Waals surface area contributed by atoms with Crippen LogP contribution < -0.4 is 0 Å². The van der Waals surface area contributed by atoms with Gasteiger partial charge in [-0.3, -0.25) is 4.79 Å². The summed E-state index contributed by atoms with van der Waals surface area (Å²) in [5, 5.41) is -0.261. The van der Waals surface area contributed by atoms with Crippen LogP contribution >= 0.6 is 11.8 Å². The molecule has 1 unspecified atom stereocenters. The lowest BCUT2D eigenvalue weighted by Crippen LogP contribution is -2.27. The van der Waals surface area contributed by atoms with Crippen molar-refractivity contribution >= 4 is 17.7 Å². The quantitative estimate of drug-likeness (QED) is 0.388. The molecule has 126 valence electrons. The summed E-state index contributed by atoms with van der Waals surface area (Å²) in [5.74, 6) is -1.77. The summed E-state index contributed by atoms with van der Waals surface area (Å²) in [6.45, 7) is 10.1. The molecule has 0 aliphatic rings. The summed E-state index contributed by atoms with van der Waals surface area (Å²) in [6, 6.07) is 0. The van der Waals surface area contributed by atoms with Crippen molar-refractivity contribution in [3.63, 3.8) is 0 Å². The van der Waals surface area contributed by atoms with Crippen LogP contribution in [0.15, 0.2) is 0 Å². The molecule has 0 saturated carbocycles. The predicted octanol–water partition coefficient (Wildman–Crippen LogP) is 5.16. The highest BCUT2D eigenvalue weighted by molar-refractivity contribution is 8.00. The second kappa shape index (κ2) is 10.4. The van der Waals surface area contributed by atoms with E-state index >= 15 is 0 Å². The lowest BCUT2D eigenvalue weighted by molar-refractivity contribution is -0.144. The standard InChI is InChI=1S/C16H30F2O2S/c1-6-8-16(17,18)9-7-10-21-14(13(4)5)15(19)20-11-12(2)3/h12-14H,6-11H2,1-5H3. The number of esters is 1. The van der Waals surface area contributed by atoms with E-state index in [1.54, 1.807) is 6.92 Å². The number of rotatable bonds is 11. The first-order valence-electron chi connectivity index (χ1n) is 7.85. The summed E-state index contributed by atoms with van der Waals surface area (Å²) in [7, 11) is 0. The van der Waals surface area contributed by atoms with Gasteiger partial charge in [-0.05, 0) is 24.0 Å². The molecule has 0 heterocycles. The first kappa shape index (κ1) is 20.7. The normalized spacial score (nSPS) is 13.8. The fraction of sp³-hybridized carbons (Fsp3) is 0.938. The van der Waals surface area contributed by atoms with Crippen LogP contribution in [0.4, 0.5) is 8.78 Å². The van der Waals surface area contributed by atoms with Gasteiger partial charge in [0.2, 0.25) is 5.92 Å². The maximum atomic E-state index is 13.4. The smallest absolute Gasteiger partial charge is 0.319 e. The van der Waals surface area contributed by atoms with Gasteiger partial charge < -0.3 is 4.74 Å². The maximum absolute atomic E-state index is 13.4. The first-order chi connectivity index (χ1) is 9.69. The van der Waals surface area contributed by atoms with Crippen molar-refractivity contribution in [1.82, 2.24) is 0 Å². The minimum Gasteiger partial charge on any atom is -0.465 e. The number of alkyl halides is 2. The minimum absolute atomic E-state index is 0.0539. The number of ether oxygens (including phenoxy) is 1. The van der Waals surface area contributed by atoms with Crippen molar-refractivity contribution in [3.05, 3.63) is 0 Å². The van der Waals surface area contributed by atoms with Crippen molar-refractivity contribution < 1.29 is 18.3 Å². The van der Waals surface area contributed by atoms with Gasteiger partial charge >= 0.3 is 5.97 Å². The fourth-order valence-corrected chi connectivity index (χ4v) is 3.05. The number of hydrogen-bond donors (Lipinski definition) is 0. The van der Waals surface area contributed by atoms with Crippen LogP contribution in [0, 0.1) is 11.8 Å². The third-order valence-electron chi connectivity index (χ3n) is 3.00. The van der Waals surface area contributed by atoms with E-state index in [4.69, 9.17) is 4.74 Å². The summed E-state index contributed by atoms with van der Waals surface area (Å²) in [6.07, 6.45) is 0.774. The molecule has 0 aromatic heterocycles. The Labute approximate surface area is 132 Å². The largest absolute Gasteiger partial charge is 0.465 e. The molecule has 0 bridgehead atoms. The van der Waals surface area contributed by atoms with E-state index in [1.807, 2.05) is 27.7 Å². The molecule has 0 aromatic rings. The van der Waals surface area contributed by atoms with E-state index in [0.29, 0.717) is 31.1 Å². The lowest BCUT2D eigenvalue weighted by atomic mass is 10.1. The molecule has 0 rings (SSSR count). The number of carbonyl (C=O) groups excluding carboxylic acids is 1. The highest BCUT2D eigenvalue weighted by Crippen LogP contribution is 2.28. The lowest BCUT2D eigenvalue weighted by Gasteiger charge is -2.20. The zero-order valence-corrected chi connectivity index (χ0v) is 14.8. The van der Waals surface area contributed by atoms with Gasteiger partial charge in [-0.15, -0.1) is 11.8 Å². The van der Waals surface area contributed by atoms with Crippen molar-refractivity contribution in [2.24, 2.45) is 11.8 Å². The maximum Gasteiger partial charge on any atom is 0.319 e. The molecule has 0 aliphatic carbocycles. The average Bonchev–Trinajstić information content (AvgIpc) is 2.35. The van der Waals surface area contributed by atoms with Crippen LogP contribution in [0.2, 0.25) is 0 Å². The third kappa shape index (κ3) is 10.1. The average molecular weight is 324 g/mol. The molecular formula is C16H30F2O2S. The van der Waals surface area contributed by atoms with Gasteiger partial charge in [0.1, 0.15) is 5.25 Å². The third-order valence-corrected chi connectivity index (χ3v) is 4.62. The first-order valence-corrected chi connectivity index (χ1v) is 8.90. The van der Waals surface area contributed by atoms with Gasteiger partial charge in [0.05, 0.1) is 6.61 Å². The molecule has 1 atom stereocenters. The van der Waals surface area contributed by atoms with E-state index in [2.05, 4.69) is 0 Å². The number of halogens is 2. The Morgan fingerprint density at radius 3 is 2.29 bits per heavy atom. The Morgan fingerprint density at radius 1 is 1.19 bits per heavy atom. The monoisotopic (exact) mass is 324 g/mol. The Kier molecular flexibility index (Phi) is 10.3. The predicted molar refractivity (Wildman–Crippen MR) is 86.0 cm³/mol. The zero-order chi connectivity index (χ0) is 16.5. The van der Waals surface area contributed by atoms with Crippen molar-refractivity contribution in [2.75, 3.05) is 12.4 Å². The minimum atomic E-state index is -2.57. The molecule has 0 amide bonds. The van der Waals surface area contributed by atoms with Crippen molar-refractivity contribution in [2.45, 2.75) is 71.5 Å². The molecule has 0 fully saturated rings. The molecule has 0 radical (unpaired) electrons. The summed E-state index contributed by atoms with van der Waals surface area (Å²) in [4.78, 5) is 12.0. The van der Waals surface area contributed by atoms with Gasteiger partial charge in [0.15, 0.2) is 0 Å². The van der Waals surface area contributed by atoms with Crippen molar-refractivity contribution in [1.29, 1.82) is 0 Å². The Hall–Kier alpha value is -0.320. The Morgan fingerprint density at radius 2 is 1.81 bits per heavy atom. The SMILES string of the molecule is CCCC(F)(F)CCCSC(C(=O)OCC(C)C)C(C)C. The molecule has 5 heteroatoms. The van der Waals surface area contributed by atoms with Crippen LogP contribution in [0.25, 0.3) is 0 Å². The molecule has 0 saturated heterocycles. The van der Waals surface area contributed by atoms with E-state index in [9.17, 15) is 13.6 Å². The summed E-state index contributed by atoms with van der Waals surface area (Å²) in [5.41, 5.74) is 0. The van der Waals surface area contributed by atoms with E-state index in [0.717, 1.165) is 0 Å². The van der Waals surface area contributed by atoms with Crippen molar-refractivity contribution in [3.8, 4) is 0 Å². The van der Waals surface area contributed by atoms with Gasteiger partial charge in [0.25, 0.3) is 0 Å². The second-order valence-electron chi connectivity index (χ2n) is 6.27. The molecule has 21 heavy (non-hydrogen) atoms. The van der Waals surface area contributed by atoms with Crippen LogP contribution in [0.5, 0.6) is 0 Å². The van der Waals surface area contributed by atoms with Crippen LogP contribution in [-0.2, 0) is 9.53 Å². The molecule has 0 aromatic carbocycles. The summed E-state index contributed by atoms with van der Waals surface area (Å²) < 4.78 is 32.0. The van der Waals surface area contributed by atoms with E-state index in [1.165, 1.54) is 11.8 Å². The molecular weight excluding hydrogens is 294 g/mol. The summed E-state index contributed by atoms with van der Waals surface area (Å²) >= 11 is 1.44. The number of thioether (sulfide) groups is 1. The zero-order valence-electron chi connectivity index (χ0n) is 14.0. The number of carbonyl (C=O) groups is 1.